The lowest BCUT2D eigenvalue weighted by molar-refractivity contribution is 0.270. The molecule has 1 aliphatic heterocycles. The largest absolute Gasteiger partial charge is 0.384 e. The molecule has 2 rings (SSSR count). The van der Waals surface area contributed by atoms with Gasteiger partial charge in [-0.1, -0.05) is 6.08 Å². The van der Waals surface area contributed by atoms with Crippen molar-refractivity contribution in [1.29, 1.82) is 0 Å². The van der Waals surface area contributed by atoms with E-state index in [4.69, 9.17) is 0 Å². The van der Waals surface area contributed by atoms with Crippen LogP contribution in [0, 0.1) is 0 Å². The van der Waals surface area contributed by atoms with Crippen molar-refractivity contribution < 1.29 is 8.42 Å². The highest BCUT2D eigenvalue weighted by Gasteiger charge is 2.33. The second-order valence-electron chi connectivity index (χ2n) is 5.99. The zero-order chi connectivity index (χ0) is 15.0. The molecule has 0 aliphatic carbocycles. The lowest BCUT2D eigenvalue weighted by atomic mass is 10.1. The lowest BCUT2D eigenvalue weighted by Crippen LogP contribution is -2.45. The zero-order valence-electron chi connectivity index (χ0n) is 12.3. The Morgan fingerprint density at radius 1 is 1.40 bits per heavy atom. The number of nitrogens with one attached hydrogen (secondary N) is 1. The second-order valence-corrected chi connectivity index (χ2v) is 7.85. The van der Waals surface area contributed by atoms with Gasteiger partial charge >= 0.3 is 0 Å². The molecule has 110 valence electrons. The third-order valence-electron chi connectivity index (χ3n) is 3.42. The molecule has 1 N–H and O–H groups in total. The van der Waals surface area contributed by atoms with Crippen LogP contribution in [-0.2, 0) is 16.4 Å². The Morgan fingerprint density at radius 3 is 2.70 bits per heavy atom. The standard InChI is InChI=1S/C15H22N2O2S/c1-5-10-17(15(2,3)4)20(18,19)13-6-7-14-12(11-13)8-9-16-14/h5-7,11,16H,1,8-10H2,2-4H3. The van der Waals surface area contributed by atoms with Crippen LogP contribution in [0.1, 0.15) is 26.3 Å². The molecule has 0 spiro atoms. The van der Waals surface area contributed by atoms with E-state index < -0.39 is 15.6 Å². The fourth-order valence-electron chi connectivity index (χ4n) is 2.42. The Balaban J connectivity index is 2.45. The maximum Gasteiger partial charge on any atom is 0.243 e. The molecule has 1 aliphatic rings. The number of anilines is 1. The summed E-state index contributed by atoms with van der Waals surface area (Å²) >= 11 is 0. The third-order valence-corrected chi connectivity index (χ3v) is 5.54. The first-order chi connectivity index (χ1) is 9.26. The minimum absolute atomic E-state index is 0.307. The highest BCUT2D eigenvalue weighted by Crippen LogP contribution is 2.29. The maximum atomic E-state index is 12.8. The van der Waals surface area contributed by atoms with Gasteiger partial charge in [-0.2, -0.15) is 4.31 Å². The Hall–Kier alpha value is -1.33. The van der Waals surface area contributed by atoms with Crippen LogP contribution in [0.2, 0.25) is 0 Å². The van der Waals surface area contributed by atoms with Crippen LogP contribution in [-0.4, -0.2) is 31.4 Å². The molecule has 0 aromatic heterocycles. The van der Waals surface area contributed by atoms with Crippen LogP contribution in [0.4, 0.5) is 5.69 Å². The fourth-order valence-corrected chi connectivity index (χ4v) is 4.23. The molecule has 1 heterocycles. The molecule has 0 amide bonds. The van der Waals surface area contributed by atoms with Crippen LogP contribution < -0.4 is 5.32 Å². The normalized spacial score (nSPS) is 15.0. The smallest absolute Gasteiger partial charge is 0.243 e. The molecular formula is C15H22N2O2S. The number of rotatable bonds is 4. The van der Waals surface area contributed by atoms with E-state index >= 15 is 0 Å². The summed E-state index contributed by atoms with van der Waals surface area (Å²) in [5.74, 6) is 0. The SMILES string of the molecule is C=CCN(C(C)(C)C)S(=O)(=O)c1ccc2c(c1)CCN2. The summed E-state index contributed by atoms with van der Waals surface area (Å²) in [7, 11) is -3.51. The van der Waals surface area contributed by atoms with Gasteiger partial charge in [0, 0.05) is 24.3 Å². The molecular weight excluding hydrogens is 272 g/mol. The number of benzene rings is 1. The Kier molecular flexibility index (Phi) is 3.93. The lowest BCUT2D eigenvalue weighted by Gasteiger charge is -2.33. The molecule has 1 aromatic rings. The quantitative estimate of drug-likeness (QED) is 0.869. The molecule has 4 nitrogen and oxygen atoms in total. The van der Waals surface area contributed by atoms with Crippen molar-refractivity contribution in [2.45, 2.75) is 37.6 Å². The zero-order valence-corrected chi connectivity index (χ0v) is 13.1. The van der Waals surface area contributed by atoms with Gasteiger partial charge in [0.25, 0.3) is 0 Å². The van der Waals surface area contributed by atoms with Crippen molar-refractivity contribution in [2.75, 3.05) is 18.4 Å². The van der Waals surface area contributed by atoms with Crippen LogP contribution in [0.3, 0.4) is 0 Å². The van der Waals surface area contributed by atoms with Crippen LogP contribution in [0.5, 0.6) is 0 Å². The monoisotopic (exact) mass is 294 g/mol. The van der Waals surface area contributed by atoms with E-state index in [-0.39, 0.29) is 0 Å². The van der Waals surface area contributed by atoms with Crippen molar-refractivity contribution in [1.82, 2.24) is 4.31 Å². The average molecular weight is 294 g/mol. The molecule has 5 heteroatoms. The van der Waals surface area contributed by atoms with Gasteiger partial charge in [-0.05, 0) is 51.0 Å². The fraction of sp³-hybridized carbons (Fsp3) is 0.467. The molecule has 0 unspecified atom stereocenters. The Morgan fingerprint density at radius 2 is 2.10 bits per heavy atom. The summed E-state index contributed by atoms with van der Waals surface area (Å²) in [6.45, 7) is 10.5. The molecule has 1 aromatic carbocycles. The molecule has 0 atom stereocenters. The van der Waals surface area contributed by atoms with Gasteiger partial charge < -0.3 is 5.32 Å². The summed E-state index contributed by atoms with van der Waals surface area (Å²) in [6, 6.07) is 5.31. The van der Waals surface area contributed by atoms with Crippen molar-refractivity contribution in [3.8, 4) is 0 Å². The number of fused-ring (bicyclic) bond motifs is 1. The van der Waals surface area contributed by atoms with Crippen molar-refractivity contribution in [2.24, 2.45) is 0 Å². The maximum absolute atomic E-state index is 12.8. The minimum atomic E-state index is -3.51. The van der Waals surface area contributed by atoms with E-state index in [1.54, 1.807) is 18.2 Å². The highest BCUT2D eigenvalue weighted by atomic mass is 32.2. The Bertz CT molecular complexity index is 615. The van der Waals surface area contributed by atoms with E-state index in [1.165, 1.54) is 4.31 Å². The van der Waals surface area contributed by atoms with E-state index in [0.717, 1.165) is 24.2 Å². The van der Waals surface area contributed by atoms with Crippen LogP contribution in [0.25, 0.3) is 0 Å². The number of hydrogen-bond acceptors (Lipinski definition) is 3. The molecule has 20 heavy (non-hydrogen) atoms. The van der Waals surface area contributed by atoms with Gasteiger partial charge in [0.2, 0.25) is 10.0 Å². The summed E-state index contributed by atoms with van der Waals surface area (Å²) in [5.41, 5.74) is 1.62. The van der Waals surface area contributed by atoms with Gasteiger partial charge in [-0.15, -0.1) is 6.58 Å². The van der Waals surface area contributed by atoms with E-state index in [2.05, 4.69) is 11.9 Å². The van der Waals surface area contributed by atoms with E-state index in [9.17, 15) is 8.42 Å². The van der Waals surface area contributed by atoms with Gasteiger partial charge in [-0.3, -0.25) is 0 Å². The molecule has 0 fully saturated rings. The first kappa shape index (κ1) is 15.1. The number of hydrogen-bond donors (Lipinski definition) is 1. The summed E-state index contributed by atoms with van der Waals surface area (Å²) in [4.78, 5) is 0.358. The first-order valence-electron chi connectivity index (χ1n) is 6.77. The Labute approximate surface area is 121 Å². The number of sulfonamides is 1. The first-order valence-corrected chi connectivity index (χ1v) is 8.21. The van der Waals surface area contributed by atoms with Crippen molar-refractivity contribution in [3.63, 3.8) is 0 Å². The summed E-state index contributed by atoms with van der Waals surface area (Å²) < 4.78 is 27.1. The van der Waals surface area contributed by atoms with E-state index in [1.807, 2.05) is 26.8 Å². The van der Waals surface area contributed by atoms with Gasteiger partial charge in [0.15, 0.2) is 0 Å². The van der Waals surface area contributed by atoms with Gasteiger partial charge in [0.05, 0.1) is 4.90 Å². The topological polar surface area (TPSA) is 49.4 Å². The molecule has 0 bridgehead atoms. The van der Waals surface area contributed by atoms with Gasteiger partial charge in [-0.25, -0.2) is 8.42 Å². The predicted octanol–water partition coefficient (Wildman–Crippen LogP) is 2.63. The molecule has 0 saturated heterocycles. The van der Waals surface area contributed by atoms with E-state index in [0.29, 0.717) is 11.4 Å². The van der Waals surface area contributed by atoms with Crippen LogP contribution >= 0.6 is 0 Å². The molecule has 0 radical (unpaired) electrons. The second kappa shape index (κ2) is 5.22. The number of nitrogens with zero attached hydrogens (tertiary/aromatic N) is 1. The summed E-state index contributed by atoms with van der Waals surface area (Å²) in [6.07, 6.45) is 2.49. The predicted molar refractivity (Wildman–Crippen MR) is 82.5 cm³/mol. The third kappa shape index (κ3) is 2.74. The minimum Gasteiger partial charge on any atom is -0.384 e. The van der Waals surface area contributed by atoms with Gasteiger partial charge in [0.1, 0.15) is 0 Å². The average Bonchev–Trinajstić information content (AvgIpc) is 2.81. The molecule has 0 saturated carbocycles. The highest BCUT2D eigenvalue weighted by molar-refractivity contribution is 7.89. The van der Waals surface area contributed by atoms with Crippen molar-refractivity contribution >= 4 is 15.7 Å². The summed E-state index contributed by atoms with van der Waals surface area (Å²) in [5, 5.41) is 3.24. The van der Waals surface area contributed by atoms with Crippen LogP contribution in [0.15, 0.2) is 35.7 Å². The van der Waals surface area contributed by atoms with Crippen molar-refractivity contribution in [3.05, 3.63) is 36.4 Å².